The molecule has 2 aromatic rings. The highest BCUT2D eigenvalue weighted by molar-refractivity contribution is 6.31. The molecule has 1 unspecified atom stereocenters. The van der Waals surface area contributed by atoms with Crippen LogP contribution in [0.5, 0.6) is 0 Å². The maximum absolute atomic E-state index is 12.9. The summed E-state index contributed by atoms with van der Waals surface area (Å²) in [6.07, 6.45) is 1.06. The number of nitrogens with two attached hydrogens (primary N) is 1. The van der Waals surface area contributed by atoms with E-state index in [-0.39, 0.29) is 5.82 Å². The van der Waals surface area contributed by atoms with Gasteiger partial charge < -0.3 is 10.3 Å². The molecule has 0 fully saturated rings. The van der Waals surface area contributed by atoms with Crippen LogP contribution >= 0.6 is 11.6 Å². The molecule has 1 atom stereocenters. The van der Waals surface area contributed by atoms with Gasteiger partial charge in [0.05, 0.1) is 5.54 Å². The van der Waals surface area contributed by atoms with Crippen molar-refractivity contribution in [2.24, 2.45) is 5.73 Å². The van der Waals surface area contributed by atoms with E-state index in [0.29, 0.717) is 29.6 Å². The lowest BCUT2D eigenvalue weighted by Crippen LogP contribution is -2.32. The maximum Gasteiger partial charge on any atom is 0.246 e. The van der Waals surface area contributed by atoms with Crippen LogP contribution in [0.25, 0.3) is 0 Å². The van der Waals surface area contributed by atoms with Crippen LogP contribution in [0.15, 0.2) is 22.7 Å². The van der Waals surface area contributed by atoms with E-state index in [4.69, 9.17) is 21.9 Å². The minimum Gasteiger partial charge on any atom is -0.337 e. The Labute approximate surface area is 115 Å². The van der Waals surface area contributed by atoms with Gasteiger partial charge in [0.1, 0.15) is 5.82 Å². The van der Waals surface area contributed by atoms with Gasteiger partial charge in [0.25, 0.3) is 0 Å². The first-order valence-electron chi connectivity index (χ1n) is 5.98. The van der Waals surface area contributed by atoms with Gasteiger partial charge in [-0.15, -0.1) is 0 Å². The van der Waals surface area contributed by atoms with Crippen LogP contribution in [0.2, 0.25) is 5.02 Å². The average molecular weight is 284 g/mol. The van der Waals surface area contributed by atoms with Crippen LogP contribution in [0.3, 0.4) is 0 Å². The standard InChI is InChI=1S/C13H15ClFN3O/c1-3-13(2,16)12-17-11(18-19-12)6-8-4-5-9(15)7-10(8)14/h4-5,7H,3,6,16H2,1-2H3. The van der Waals surface area contributed by atoms with Crippen molar-refractivity contribution in [2.45, 2.75) is 32.2 Å². The number of aromatic nitrogens is 2. The van der Waals surface area contributed by atoms with Crippen molar-refractivity contribution in [3.8, 4) is 0 Å². The van der Waals surface area contributed by atoms with Gasteiger partial charge in [-0.05, 0) is 31.0 Å². The summed E-state index contributed by atoms with van der Waals surface area (Å²) in [6, 6.07) is 4.22. The molecule has 0 aliphatic heterocycles. The Hall–Kier alpha value is -1.46. The average Bonchev–Trinajstić information content (AvgIpc) is 2.82. The van der Waals surface area contributed by atoms with Crippen LogP contribution in [0, 0.1) is 5.82 Å². The number of halogens is 2. The second-order valence-electron chi connectivity index (χ2n) is 4.70. The van der Waals surface area contributed by atoms with Crippen molar-refractivity contribution in [1.29, 1.82) is 0 Å². The molecule has 6 heteroatoms. The summed E-state index contributed by atoms with van der Waals surface area (Å²) in [6.45, 7) is 3.77. The molecule has 0 amide bonds. The highest BCUT2D eigenvalue weighted by atomic mass is 35.5. The topological polar surface area (TPSA) is 64.9 Å². The third kappa shape index (κ3) is 3.11. The zero-order valence-electron chi connectivity index (χ0n) is 10.8. The second-order valence-corrected chi connectivity index (χ2v) is 5.11. The molecule has 1 aromatic heterocycles. The summed E-state index contributed by atoms with van der Waals surface area (Å²) in [5, 5.41) is 4.22. The fourth-order valence-corrected chi connectivity index (χ4v) is 1.78. The molecule has 2 N–H and O–H groups in total. The van der Waals surface area contributed by atoms with Crippen molar-refractivity contribution in [3.63, 3.8) is 0 Å². The fraction of sp³-hybridized carbons (Fsp3) is 0.385. The van der Waals surface area contributed by atoms with E-state index >= 15 is 0 Å². The Morgan fingerprint density at radius 2 is 2.21 bits per heavy atom. The van der Waals surface area contributed by atoms with Crippen LogP contribution < -0.4 is 5.73 Å². The van der Waals surface area contributed by atoms with Gasteiger partial charge >= 0.3 is 0 Å². The van der Waals surface area contributed by atoms with Gasteiger partial charge in [-0.2, -0.15) is 4.98 Å². The quantitative estimate of drug-likeness (QED) is 0.937. The third-order valence-corrected chi connectivity index (χ3v) is 3.41. The van der Waals surface area contributed by atoms with Gasteiger partial charge in [-0.25, -0.2) is 4.39 Å². The first-order chi connectivity index (χ1) is 8.92. The molecule has 0 aliphatic rings. The predicted molar refractivity (Wildman–Crippen MR) is 70.3 cm³/mol. The monoisotopic (exact) mass is 283 g/mol. The Morgan fingerprint density at radius 1 is 1.47 bits per heavy atom. The lowest BCUT2D eigenvalue weighted by atomic mass is 10.0. The van der Waals surface area contributed by atoms with Crippen LogP contribution in [0.1, 0.15) is 37.5 Å². The van der Waals surface area contributed by atoms with Crippen molar-refractivity contribution in [3.05, 3.63) is 46.3 Å². The number of rotatable bonds is 4. The molecule has 0 saturated carbocycles. The van der Waals surface area contributed by atoms with Crippen molar-refractivity contribution < 1.29 is 8.91 Å². The lowest BCUT2D eigenvalue weighted by Gasteiger charge is -2.16. The van der Waals surface area contributed by atoms with E-state index in [1.807, 2.05) is 13.8 Å². The second kappa shape index (κ2) is 5.27. The summed E-state index contributed by atoms with van der Waals surface area (Å²) < 4.78 is 18.1. The summed E-state index contributed by atoms with van der Waals surface area (Å²) >= 11 is 5.95. The van der Waals surface area contributed by atoms with E-state index in [9.17, 15) is 4.39 Å². The molecule has 0 saturated heterocycles. The van der Waals surface area contributed by atoms with Gasteiger partial charge in [-0.1, -0.05) is 29.7 Å². The molecular weight excluding hydrogens is 269 g/mol. The molecule has 4 nitrogen and oxygen atoms in total. The fourth-order valence-electron chi connectivity index (χ4n) is 1.54. The number of hydrogen-bond acceptors (Lipinski definition) is 4. The molecule has 0 aliphatic carbocycles. The summed E-state index contributed by atoms with van der Waals surface area (Å²) in [5.74, 6) is 0.500. The molecule has 1 heterocycles. The first kappa shape index (κ1) is 14.0. The highest BCUT2D eigenvalue weighted by Crippen LogP contribution is 2.22. The third-order valence-electron chi connectivity index (χ3n) is 3.05. The van der Waals surface area contributed by atoms with E-state index < -0.39 is 5.54 Å². The molecule has 102 valence electrons. The predicted octanol–water partition coefficient (Wildman–Crippen LogP) is 3.04. The minimum atomic E-state index is -0.641. The summed E-state index contributed by atoms with van der Waals surface area (Å²) in [5.41, 5.74) is 6.12. The van der Waals surface area contributed by atoms with E-state index in [2.05, 4.69) is 10.1 Å². The smallest absolute Gasteiger partial charge is 0.246 e. The van der Waals surface area contributed by atoms with Crippen LogP contribution in [0.4, 0.5) is 4.39 Å². The van der Waals surface area contributed by atoms with Gasteiger partial charge in [0.15, 0.2) is 5.82 Å². The van der Waals surface area contributed by atoms with Crippen molar-refractivity contribution >= 4 is 11.6 Å². The molecule has 0 bridgehead atoms. The minimum absolute atomic E-state index is 0.345. The maximum atomic E-state index is 12.9. The van der Waals surface area contributed by atoms with E-state index in [1.165, 1.54) is 12.1 Å². The highest BCUT2D eigenvalue weighted by Gasteiger charge is 2.26. The molecule has 0 radical (unpaired) electrons. The van der Waals surface area contributed by atoms with Gasteiger partial charge in [-0.3, -0.25) is 0 Å². The molecule has 1 aromatic carbocycles. The number of benzene rings is 1. The summed E-state index contributed by atoms with van der Waals surface area (Å²) in [4.78, 5) is 4.26. The Morgan fingerprint density at radius 3 is 2.84 bits per heavy atom. The van der Waals surface area contributed by atoms with Crippen molar-refractivity contribution in [2.75, 3.05) is 0 Å². The Balaban J connectivity index is 2.20. The molecule has 0 spiro atoms. The normalized spacial score (nSPS) is 14.4. The largest absolute Gasteiger partial charge is 0.337 e. The SMILES string of the molecule is CCC(C)(N)c1nc(Cc2ccc(F)cc2Cl)no1. The lowest BCUT2D eigenvalue weighted by molar-refractivity contribution is 0.290. The zero-order valence-corrected chi connectivity index (χ0v) is 11.5. The molecule has 19 heavy (non-hydrogen) atoms. The van der Waals surface area contributed by atoms with Crippen molar-refractivity contribution in [1.82, 2.24) is 10.1 Å². The van der Waals surface area contributed by atoms with Gasteiger partial charge in [0.2, 0.25) is 5.89 Å². The van der Waals surface area contributed by atoms with E-state index in [1.54, 1.807) is 6.07 Å². The van der Waals surface area contributed by atoms with Gasteiger partial charge in [0, 0.05) is 11.4 Å². The molecular formula is C13H15ClFN3O. The van der Waals surface area contributed by atoms with Crippen LogP contribution in [-0.2, 0) is 12.0 Å². The molecule has 2 rings (SSSR count). The number of hydrogen-bond donors (Lipinski definition) is 1. The summed E-state index contributed by atoms with van der Waals surface area (Å²) in [7, 11) is 0. The zero-order chi connectivity index (χ0) is 14.0. The van der Waals surface area contributed by atoms with E-state index in [0.717, 1.165) is 5.56 Å². The number of nitrogens with zero attached hydrogens (tertiary/aromatic N) is 2. The van der Waals surface area contributed by atoms with Crippen LogP contribution in [-0.4, -0.2) is 10.1 Å². The Bertz CT molecular complexity index is 583. The Kier molecular flexibility index (Phi) is 3.87. The first-order valence-corrected chi connectivity index (χ1v) is 6.36.